The van der Waals surface area contributed by atoms with E-state index < -0.39 is 5.97 Å². The number of carbonyl (C=O) groups is 1. The highest BCUT2D eigenvalue weighted by atomic mass is 16.5. The van der Waals surface area contributed by atoms with Gasteiger partial charge in [-0.3, -0.25) is 4.68 Å². The molecular formula is C13H15N3O3. The van der Waals surface area contributed by atoms with E-state index in [1.807, 2.05) is 19.2 Å². The highest BCUT2D eigenvalue weighted by molar-refractivity contribution is 5.93. The quantitative estimate of drug-likeness (QED) is 0.762. The highest BCUT2D eigenvalue weighted by Crippen LogP contribution is 2.19. The molecule has 0 spiro atoms. The molecule has 0 fully saturated rings. The van der Waals surface area contributed by atoms with Crippen LogP contribution in [0.15, 0.2) is 30.7 Å². The third kappa shape index (κ3) is 3.09. The van der Waals surface area contributed by atoms with Gasteiger partial charge in [0, 0.05) is 18.6 Å². The van der Waals surface area contributed by atoms with E-state index in [0.29, 0.717) is 24.6 Å². The second-order valence-electron chi connectivity index (χ2n) is 3.92. The van der Waals surface area contributed by atoms with Crippen molar-refractivity contribution < 1.29 is 14.3 Å². The van der Waals surface area contributed by atoms with Crippen molar-refractivity contribution in [1.29, 1.82) is 0 Å². The van der Waals surface area contributed by atoms with Crippen LogP contribution in [0.5, 0.6) is 5.88 Å². The zero-order valence-corrected chi connectivity index (χ0v) is 10.9. The van der Waals surface area contributed by atoms with Gasteiger partial charge in [-0.1, -0.05) is 0 Å². The third-order valence-corrected chi connectivity index (χ3v) is 2.63. The van der Waals surface area contributed by atoms with E-state index in [-0.39, 0.29) is 0 Å². The molecule has 0 amide bonds. The number of esters is 1. The standard InChI is InChI=1S/C13H15N3O3/c1-10-4-6-14-12(11(10)13(17)18-2)19-9-8-16-7-3-5-15-16/h3-7H,8-9H2,1-2H3. The molecule has 0 aliphatic carbocycles. The molecule has 2 aromatic rings. The maximum atomic E-state index is 11.7. The van der Waals surface area contributed by atoms with Crippen LogP contribution in [0.25, 0.3) is 0 Å². The first-order chi connectivity index (χ1) is 9.22. The Kier molecular flexibility index (Phi) is 4.12. The van der Waals surface area contributed by atoms with E-state index >= 15 is 0 Å². The van der Waals surface area contributed by atoms with Gasteiger partial charge in [0.25, 0.3) is 0 Å². The fourth-order valence-corrected chi connectivity index (χ4v) is 1.66. The molecule has 2 heterocycles. The molecule has 2 rings (SSSR count). The van der Waals surface area contributed by atoms with E-state index in [4.69, 9.17) is 9.47 Å². The molecule has 19 heavy (non-hydrogen) atoms. The van der Waals surface area contributed by atoms with Gasteiger partial charge >= 0.3 is 5.97 Å². The molecule has 0 saturated carbocycles. The van der Waals surface area contributed by atoms with Crippen molar-refractivity contribution in [3.63, 3.8) is 0 Å². The Morgan fingerprint density at radius 3 is 2.95 bits per heavy atom. The number of hydrogen-bond acceptors (Lipinski definition) is 5. The number of carbonyl (C=O) groups excluding carboxylic acids is 1. The summed E-state index contributed by atoms with van der Waals surface area (Å²) < 4.78 is 12.0. The van der Waals surface area contributed by atoms with Crippen LogP contribution in [0.3, 0.4) is 0 Å². The number of rotatable bonds is 5. The summed E-state index contributed by atoms with van der Waals surface area (Å²) in [6.45, 7) is 2.78. The SMILES string of the molecule is COC(=O)c1c(C)ccnc1OCCn1cccn1. The van der Waals surface area contributed by atoms with Crippen LogP contribution in [0, 0.1) is 6.92 Å². The van der Waals surface area contributed by atoms with E-state index in [2.05, 4.69) is 10.1 Å². The van der Waals surface area contributed by atoms with Crippen LogP contribution < -0.4 is 4.74 Å². The fourth-order valence-electron chi connectivity index (χ4n) is 1.66. The summed E-state index contributed by atoms with van der Waals surface area (Å²) in [5.41, 5.74) is 1.14. The molecule has 100 valence electrons. The van der Waals surface area contributed by atoms with Gasteiger partial charge in [0.05, 0.1) is 13.7 Å². The van der Waals surface area contributed by atoms with E-state index in [1.54, 1.807) is 23.1 Å². The first kappa shape index (κ1) is 13.1. The molecule has 0 unspecified atom stereocenters. The maximum absolute atomic E-state index is 11.7. The summed E-state index contributed by atoms with van der Waals surface area (Å²) in [4.78, 5) is 15.8. The zero-order chi connectivity index (χ0) is 13.7. The van der Waals surface area contributed by atoms with Gasteiger partial charge in [-0.05, 0) is 24.6 Å². The van der Waals surface area contributed by atoms with Gasteiger partial charge in [-0.25, -0.2) is 9.78 Å². The highest BCUT2D eigenvalue weighted by Gasteiger charge is 2.17. The number of aryl methyl sites for hydroxylation is 1. The van der Waals surface area contributed by atoms with Crippen molar-refractivity contribution in [2.45, 2.75) is 13.5 Å². The molecule has 0 aliphatic rings. The third-order valence-electron chi connectivity index (χ3n) is 2.63. The summed E-state index contributed by atoms with van der Waals surface area (Å²) in [5, 5.41) is 4.06. The summed E-state index contributed by atoms with van der Waals surface area (Å²) in [6, 6.07) is 3.58. The Hall–Kier alpha value is -2.37. The lowest BCUT2D eigenvalue weighted by molar-refractivity contribution is 0.0593. The summed E-state index contributed by atoms with van der Waals surface area (Å²) in [5.74, 6) is -0.154. The topological polar surface area (TPSA) is 66.2 Å². The lowest BCUT2D eigenvalue weighted by Gasteiger charge is -2.11. The van der Waals surface area contributed by atoms with E-state index in [9.17, 15) is 4.79 Å². The van der Waals surface area contributed by atoms with E-state index in [1.165, 1.54) is 7.11 Å². The Morgan fingerprint density at radius 2 is 2.26 bits per heavy atom. The average Bonchev–Trinajstić information content (AvgIpc) is 2.91. The molecule has 0 atom stereocenters. The number of hydrogen-bond donors (Lipinski definition) is 0. The predicted molar refractivity (Wildman–Crippen MR) is 68.0 cm³/mol. The monoisotopic (exact) mass is 261 g/mol. The summed E-state index contributed by atoms with van der Waals surface area (Å²) in [6.07, 6.45) is 5.14. The molecule has 0 aromatic carbocycles. The Labute approximate surface area is 111 Å². The van der Waals surface area contributed by atoms with Crippen LogP contribution in [0.4, 0.5) is 0 Å². The van der Waals surface area contributed by atoms with Crippen molar-refractivity contribution in [2.75, 3.05) is 13.7 Å². The Balaban J connectivity index is 2.07. The van der Waals surface area contributed by atoms with Gasteiger partial charge in [0.15, 0.2) is 0 Å². The van der Waals surface area contributed by atoms with Crippen LogP contribution in [-0.4, -0.2) is 34.5 Å². The largest absolute Gasteiger partial charge is 0.475 e. The molecule has 6 nitrogen and oxygen atoms in total. The minimum absolute atomic E-state index is 0.291. The molecule has 0 bridgehead atoms. The summed E-state index contributed by atoms with van der Waals surface area (Å²) in [7, 11) is 1.34. The van der Waals surface area contributed by atoms with Crippen LogP contribution in [0.2, 0.25) is 0 Å². The molecule has 0 saturated heterocycles. The number of pyridine rings is 1. The molecule has 0 radical (unpaired) electrons. The van der Waals surface area contributed by atoms with Crippen molar-refractivity contribution in [3.05, 3.63) is 41.9 Å². The van der Waals surface area contributed by atoms with Crippen molar-refractivity contribution in [3.8, 4) is 5.88 Å². The predicted octanol–water partition coefficient (Wildman–Crippen LogP) is 1.45. The number of aromatic nitrogens is 3. The molecule has 6 heteroatoms. The molecule has 0 N–H and O–H groups in total. The smallest absolute Gasteiger partial charge is 0.343 e. The van der Waals surface area contributed by atoms with Crippen molar-refractivity contribution in [1.82, 2.24) is 14.8 Å². The van der Waals surface area contributed by atoms with Crippen LogP contribution in [0.1, 0.15) is 15.9 Å². The zero-order valence-electron chi connectivity index (χ0n) is 10.9. The minimum Gasteiger partial charge on any atom is -0.475 e. The van der Waals surface area contributed by atoms with Gasteiger partial charge in [-0.15, -0.1) is 0 Å². The Morgan fingerprint density at radius 1 is 1.42 bits per heavy atom. The maximum Gasteiger partial charge on any atom is 0.343 e. The van der Waals surface area contributed by atoms with Crippen molar-refractivity contribution >= 4 is 5.97 Å². The van der Waals surface area contributed by atoms with Gasteiger partial charge in [0.1, 0.15) is 12.2 Å². The molecular weight excluding hydrogens is 246 g/mol. The molecule has 2 aromatic heterocycles. The minimum atomic E-state index is -0.445. The van der Waals surface area contributed by atoms with Gasteiger partial charge in [-0.2, -0.15) is 5.10 Å². The van der Waals surface area contributed by atoms with E-state index in [0.717, 1.165) is 5.56 Å². The first-order valence-corrected chi connectivity index (χ1v) is 5.86. The average molecular weight is 261 g/mol. The van der Waals surface area contributed by atoms with Crippen molar-refractivity contribution in [2.24, 2.45) is 0 Å². The second kappa shape index (κ2) is 5.99. The lowest BCUT2D eigenvalue weighted by atomic mass is 10.1. The molecule has 0 aliphatic heterocycles. The second-order valence-corrected chi connectivity index (χ2v) is 3.92. The fraction of sp³-hybridized carbons (Fsp3) is 0.308. The number of methoxy groups -OCH3 is 1. The van der Waals surface area contributed by atoms with Gasteiger partial charge < -0.3 is 9.47 Å². The van der Waals surface area contributed by atoms with Gasteiger partial charge in [0.2, 0.25) is 5.88 Å². The van der Waals surface area contributed by atoms with Crippen LogP contribution in [-0.2, 0) is 11.3 Å². The Bertz CT molecular complexity index is 552. The first-order valence-electron chi connectivity index (χ1n) is 5.86. The lowest BCUT2D eigenvalue weighted by Crippen LogP contribution is -2.13. The number of ether oxygens (including phenoxy) is 2. The van der Waals surface area contributed by atoms with Crippen LogP contribution >= 0.6 is 0 Å². The normalized spacial score (nSPS) is 10.2. The summed E-state index contributed by atoms with van der Waals surface area (Å²) >= 11 is 0. The number of nitrogens with zero attached hydrogens (tertiary/aromatic N) is 3.